The molecule has 0 spiro atoms. The molecule has 0 radical (unpaired) electrons. The molecule has 0 saturated heterocycles. The summed E-state index contributed by atoms with van der Waals surface area (Å²) in [5.74, 6) is -0.109. The number of hydrogen-bond acceptors (Lipinski definition) is 2. The highest BCUT2D eigenvalue weighted by molar-refractivity contribution is 7.80. The fourth-order valence-corrected chi connectivity index (χ4v) is 2.92. The Hall–Kier alpha value is -2.40. The first kappa shape index (κ1) is 18.9. The van der Waals surface area contributed by atoms with E-state index in [2.05, 4.69) is 40.2 Å². The van der Waals surface area contributed by atoms with Gasteiger partial charge in [0.05, 0.1) is 6.54 Å². The third-order valence-corrected chi connectivity index (χ3v) is 4.18. The predicted octanol–water partition coefficient (Wildman–Crippen LogP) is 3.26. The van der Waals surface area contributed by atoms with Crippen LogP contribution in [0.4, 0.5) is 5.69 Å². The molecule has 5 heteroatoms. The minimum atomic E-state index is -0.109. The number of aryl methyl sites for hydroxylation is 3. The van der Waals surface area contributed by atoms with Crippen LogP contribution in [0.25, 0.3) is 0 Å². The summed E-state index contributed by atoms with van der Waals surface area (Å²) in [6.45, 7) is 6.92. The normalized spacial score (nSPS) is 10.2. The number of rotatable bonds is 6. The monoisotopic (exact) mass is 355 g/mol. The van der Waals surface area contributed by atoms with Crippen LogP contribution in [0.1, 0.15) is 22.3 Å². The van der Waals surface area contributed by atoms with Gasteiger partial charge in [-0.1, -0.05) is 48.0 Å². The molecule has 0 bridgehead atoms. The minimum absolute atomic E-state index is 0.109. The fraction of sp³-hybridized carbons (Fsp3) is 0.300. The smallest absolute Gasteiger partial charge is 0.243 e. The largest absolute Gasteiger partial charge is 0.362 e. The Morgan fingerprint density at radius 2 is 1.64 bits per heavy atom. The molecule has 4 nitrogen and oxygen atoms in total. The average molecular weight is 356 g/mol. The molecular formula is C20H25N3OS. The van der Waals surface area contributed by atoms with Crippen molar-refractivity contribution in [2.45, 2.75) is 27.2 Å². The SMILES string of the molecule is Cc1cc(C)c(NC(=O)CNC(=S)NCCc2ccccc2)c(C)c1. The van der Waals surface area contributed by atoms with Crippen molar-refractivity contribution in [3.63, 3.8) is 0 Å². The van der Waals surface area contributed by atoms with E-state index in [4.69, 9.17) is 12.2 Å². The van der Waals surface area contributed by atoms with Gasteiger partial charge in [-0.25, -0.2) is 0 Å². The molecule has 0 atom stereocenters. The molecule has 25 heavy (non-hydrogen) atoms. The predicted molar refractivity (Wildman–Crippen MR) is 108 cm³/mol. The Labute approximate surface area is 155 Å². The van der Waals surface area contributed by atoms with E-state index < -0.39 is 0 Å². The van der Waals surface area contributed by atoms with E-state index in [0.29, 0.717) is 5.11 Å². The van der Waals surface area contributed by atoms with Crippen molar-refractivity contribution in [1.29, 1.82) is 0 Å². The van der Waals surface area contributed by atoms with Gasteiger partial charge in [0.2, 0.25) is 5.91 Å². The van der Waals surface area contributed by atoms with Crippen LogP contribution in [-0.2, 0) is 11.2 Å². The highest BCUT2D eigenvalue weighted by Crippen LogP contribution is 2.21. The summed E-state index contributed by atoms with van der Waals surface area (Å²) >= 11 is 5.22. The summed E-state index contributed by atoms with van der Waals surface area (Å²) < 4.78 is 0. The maximum Gasteiger partial charge on any atom is 0.243 e. The molecule has 0 aromatic heterocycles. The fourth-order valence-electron chi connectivity index (χ4n) is 2.75. The van der Waals surface area contributed by atoms with E-state index in [1.54, 1.807) is 0 Å². The summed E-state index contributed by atoms with van der Waals surface area (Å²) in [4.78, 5) is 12.1. The Morgan fingerprint density at radius 1 is 1.00 bits per heavy atom. The molecule has 0 aliphatic heterocycles. The summed E-state index contributed by atoms with van der Waals surface area (Å²) in [7, 11) is 0. The maximum absolute atomic E-state index is 12.1. The van der Waals surface area contributed by atoms with Crippen LogP contribution in [0.3, 0.4) is 0 Å². The van der Waals surface area contributed by atoms with Gasteiger partial charge in [-0.3, -0.25) is 4.79 Å². The molecule has 3 N–H and O–H groups in total. The Morgan fingerprint density at radius 3 is 2.28 bits per heavy atom. The highest BCUT2D eigenvalue weighted by Gasteiger charge is 2.08. The zero-order valence-corrected chi connectivity index (χ0v) is 15.8. The molecule has 0 aliphatic rings. The molecule has 2 rings (SSSR count). The number of carbonyl (C=O) groups is 1. The standard InChI is InChI=1S/C20H25N3OS/c1-14-11-15(2)19(16(3)12-14)23-18(24)13-22-20(25)21-10-9-17-7-5-4-6-8-17/h4-8,11-12H,9-10,13H2,1-3H3,(H,23,24)(H2,21,22,25). The average Bonchev–Trinajstić information content (AvgIpc) is 2.57. The van der Waals surface area contributed by atoms with Crippen molar-refractivity contribution in [2.75, 3.05) is 18.4 Å². The van der Waals surface area contributed by atoms with Crippen LogP contribution in [0.2, 0.25) is 0 Å². The summed E-state index contributed by atoms with van der Waals surface area (Å²) in [6, 6.07) is 14.3. The summed E-state index contributed by atoms with van der Waals surface area (Å²) in [6.07, 6.45) is 0.886. The number of amides is 1. The lowest BCUT2D eigenvalue weighted by molar-refractivity contribution is -0.115. The number of benzene rings is 2. The van der Waals surface area contributed by atoms with Gasteiger partial charge in [0, 0.05) is 12.2 Å². The van der Waals surface area contributed by atoms with Crippen LogP contribution in [0.15, 0.2) is 42.5 Å². The lowest BCUT2D eigenvalue weighted by Gasteiger charge is -2.14. The van der Waals surface area contributed by atoms with Gasteiger partial charge in [-0.05, 0) is 56.1 Å². The molecule has 0 aliphatic carbocycles. The Kier molecular flexibility index (Phi) is 6.95. The minimum Gasteiger partial charge on any atom is -0.362 e. The summed E-state index contributed by atoms with van der Waals surface area (Å²) in [5.41, 5.74) is 5.44. The molecule has 132 valence electrons. The van der Waals surface area contributed by atoms with Crippen LogP contribution in [-0.4, -0.2) is 24.1 Å². The lowest BCUT2D eigenvalue weighted by atomic mass is 10.1. The van der Waals surface area contributed by atoms with Crippen molar-refractivity contribution >= 4 is 28.9 Å². The van der Waals surface area contributed by atoms with Crippen LogP contribution < -0.4 is 16.0 Å². The van der Waals surface area contributed by atoms with Crippen molar-refractivity contribution in [3.05, 3.63) is 64.7 Å². The van der Waals surface area contributed by atoms with E-state index in [-0.39, 0.29) is 12.5 Å². The zero-order valence-electron chi connectivity index (χ0n) is 15.0. The van der Waals surface area contributed by atoms with Crippen LogP contribution in [0.5, 0.6) is 0 Å². The number of nitrogens with one attached hydrogen (secondary N) is 3. The second-order valence-electron chi connectivity index (χ2n) is 6.17. The lowest BCUT2D eigenvalue weighted by Crippen LogP contribution is -2.40. The molecule has 0 fully saturated rings. The molecule has 2 aromatic rings. The van der Waals surface area contributed by atoms with E-state index in [9.17, 15) is 4.79 Å². The third kappa shape index (κ3) is 6.19. The molecule has 2 aromatic carbocycles. The number of thiocarbonyl (C=S) groups is 1. The molecule has 0 unspecified atom stereocenters. The number of carbonyl (C=O) groups excluding carboxylic acids is 1. The van der Waals surface area contributed by atoms with Gasteiger partial charge in [0.15, 0.2) is 5.11 Å². The van der Waals surface area contributed by atoms with Crippen LogP contribution in [0, 0.1) is 20.8 Å². The van der Waals surface area contributed by atoms with E-state index >= 15 is 0 Å². The van der Waals surface area contributed by atoms with Gasteiger partial charge in [0.1, 0.15) is 0 Å². The van der Waals surface area contributed by atoms with Crippen LogP contribution >= 0.6 is 12.2 Å². The molecule has 1 amide bonds. The van der Waals surface area contributed by atoms with Gasteiger partial charge in [0.25, 0.3) is 0 Å². The first-order chi connectivity index (χ1) is 12.0. The van der Waals surface area contributed by atoms with E-state index in [0.717, 1.165) is 29.8 Å². The second kappa shape index (κ2) is 9.18. The maximum atomic E-state index is 12.1. The number of hydrogen-bond donors (Lipinski definition) is 3. The van der Waals surface area contributed by atoms with Crippen molar-refractivity contribution < 1.29 is 4.79 Å². The van der Waals surface area contributed by atoms with Crippen molar-refractivity contribution in [1.82, 2.24) is 10.6 Å². The van der Waals surface area contributed by atoms with Gasteiger partial charge < -0.3 is 16.0 Å². The third-order valence-electron chi connectivity index (χ3n) is 3.89. The van der Waals surface area contributed by atoms with E-state index in [1.807, 2.05) is 39.0 Å². The highest BCUT2D eigenvalue weighted by atomic mass is 32.1. The van der Waals surface area contributed by atoms with Gasteiger partial charge in [-0.15, -0.1) is 0 Å². The second-order valence-corrected chi connectivity index (χ2v) is 6.58. The molecular weight excluding hydrogens is 330 g/mol. The first-order valence-corrected chi connectivity index (χ1v) is 8.80. The number of anilines is 1. The Balaban J connectivity index is 1.73. The zero-order chi connectivity index (χ0) is 18.2. The molecule has 0 saturated carbocycles. The van der Waals surface area contributed by atoms with Gasteiger partial charge in [-0.2, -0.15) is 0 Å². The first-order valence-electron chi connectivity index (χ1n) is 8.39. The Bertz CT molecular complexity index is 721. The van der Waals surface area contributed by atoms with E-state index in [1.165, 1.54) is 11.1 Å². The van der Waals surface area contributed by atoms with Crippen molar-refractivity contribution in [3.8, 4) is 0 Å². The topological polar surface area (TPSA) is 53.2 Å². The summed E-state index contributed by atoms with van der Waals surface area (Å²) in [5, 5.41) is 9.51. The molecule has 0 heterocycles. The van der Waals surface area contributed by atoms with Gasteiger partial charge >= 0.3 is 0 Å². The van der Waals surface area contributed by atoms with Crippen molar-refractivity contribution in [2.24, 2.45) is 0 Å². The quantitative estimate of drug-likeness (QED) is 0.696.